The Morgan fingerprint density at radius 1 is 0.895 bits per heavy atom. The van der Waals surface area contributed by atoms with Crippen molar-refractivity contribution in [2.75, 3.05) is 4.72 Å². The van der Waals surface area contributed by atoms with E-state index in [1.165, 1.54) is 36.4 Å². The number of hydrogen-bond donors (Lipinski definition) is 3. The molecule has 10 nitrogen and oxygen atoms in total. The van der Waals surface area contributed by atoms with Crippen LogP contribution in [0.3, 0.4) is 0 Å². The fraction of sp³-hybridized carbons (Fsp3) is 0.0400. The molecule has 1 aromatic heterocycles. The third kappa shape index (κ3) is 4.94. The number of carbonyl (C=O) groups excluding carboxylic acids is 1. The second-order valence-electron chi connectivity index (χ2n) is 8.50. The standard InChI is InChI=1S/C25H20ClN5O5S2/c26-16-2-1-3-20(12-16)38(35,36)30-17-6-4-15-5-11-21-23(14-24(27)32)29-31(25(21)22(15)13-17)18-7-9-19(10-8-18)37(28,33)34/h1-13,30H,14H2,(H2,27,32)(H2,28,33,34). The Bertz CT molecular complexity index is 1950. The second-order valence-corrected chi connectivity index (χ2v) is 12.2. The number of nitrogens with zero attached hydrogens (tertiary/aromatic N) is 2. The van der Waals surface area contributed by atoms with E-state index in [4.69, 9.17) is 22.5 Å². The summed E-state index contributed by atoms with van der Waals surface area (Å²) in [6, 6.07) is 20.3. The zero-order valence-corrected chi connectivity index (χ0v) is 21.9. The van der Waals surface area contributed by atoms with Crippen LogP contribution in [0.5, 0.6) is 0 Å². The summed E-state index contributed by atoms with van der Waals surface area (Å²) in [6.07, 6.45) is -0.134. The highest BCUT2D eigenvalue weighted by Gasteiger charge is 2.19. The lowest BCUT2D eigenvalue weighted by atomic mass is 10.0. The molecule has 0 aliphatic rings. The Morgan fingerprint density at radius 3 is 2.26 bits per heavy atom. The molecule has 0 spiro atoms. The molecule has 0 saturated heterocycles. The van der Waals surface area contributed by atoms with Gasteiger partial charge in [0, 0.05) is 21.5 Å². The van der Waals surface area contributed by atoms with Gasteiger partial charge in [-0.05, 0) is 60.0 Å². The Labute approximate surface area is 222 Å². The minimum atomic E-state index is -3.94. The van der Waals surface area contributed by atoms with Crippen LogP contribution in [0.25, 0.3) is 27.4 Å². The zero-order chi connectivity index (χ0) is 27.2. The molecule has 0 aliphatic carbocycles. The molecule has 1 heterocycles. The molecule has 4 aromatic carbocycles. The van der Waals surface area contributed by atoms with E-state index < -0.39 is 26.0 Å². The number of aromatic nitrogens is 2. The molecule has 5 aromatic rings. The molecule has 5 N–H and O–H groups in total. The summed E-state index contributed by atoms with van der Waals surface area (Å²) in [5.74, 6) is -0.579. The molecule has 0 radical (unpaired) electrons. The first-order valence-electron chi connectivity index (χ1n) is 11.1. The smallest absolute Gasteiger partial charge is 0.261 e. The highest BCUT2D eigenvalue weighted by molar-refractivity contribution is 7.92. The molecule has 0 bridgehead atoms. The normalized spacial score (nSPS) is 12.2. The maximum Gasteiger partial charge on any atom is 0.261 e. The molecule has 1 amide bonds. The van der Waals surface area contributed by atoms with Crippen molar-refractivity contribution < 1.29 is 21.6 Å². The van der Waals surface area contributed by atoms with Gasteiger partial charge in [0.25, 0.3) is 10.0 Å². The maximum atomic E-state index is 13.0. The van der Waals surface area contributed by atoms with Gasteiger partial charge in [0.2, 0.25) is 15.9 Å². The van der Waals surface area contributed by atoms with E-state index >= 15 is 0 Å². The monoisotopic (exact) mass is 569 g/mol. The average molecular weight is 570 g/mol. The molecule has 0 unspecified atom stereocenters. The molecular weight excluding hydrogens is 550 g/mol. The lowest BCUT2D eigenvalue weighted by molar-refractivity contribution is -0.117. The number of hydrogen-bond acceptors (Lipinski definition) is 6. The van der Waals surface area contributed by atoms with E-state index in [1.54, 1.807) is 41.1 Å². The van der Waals surface area contributed by atoms with Crippen molar-refractivity contribution in [3.63, 3.8) is 0 Å². The number of fused-ring (bicyclic) bond motifs is 3. The first-order valence-corrected chi connectivity index (χ1v) is 14.5. The second kappa shape index (κ2) is 9.40. The van der Waals surface area contributed by atoms with Gasteiger partial charge in [0.15, 0.2) is 0 Å². The van der Waals surface area contributed by atoms with Crippen molar-refractivity contribution in [2.24, 2.45) is 10.9 Å². The van der Waals surface area contributed by atoms with E-state index in [1.807, 2.05) is 6.07 Å². The van der Waals surface area contributed by atoms with Gasteiger partial charge in [-0.2, -0.15) is 5.10 Å². The van der Waals surface area contributed by atoms with Gasteiger partial charge < -0.3 is 5.73 Å². The van der Waals surface area contributed by atoms with Crippen molar-refractivity contribution in [3.05, 3.63) is 89.6 Å². The highest BCUT2D eigenvalue weighted by Crippen LogP contribution is 2.33. The largest absolute Gasteiger partial charge is 0.369 e. The van der Waals surface area contributed by atoms with Crippen LogP contribution < -0.4 is 15.6 Å². The van der Waals surface area contributed by atoms with E-state index in [2.05, 4.69) is 9.82 Å². The molecule has 5 rings (SSSR count). The number of rotatable bonds is 7. The zero-order valence-electron chi connectivity index (χ0n) is 19.5. The van der Waals surface area contributed by atoms with Crippen molar-refractivity contribution in [1.29, 1.82) is 0 Å². The number of benzene rings is 4. The van der Waals surface area contributed by atoms with E-state index in [-0.39, 0.29) is 21.2 Å². The summed E-state index contributed by atoms with van der Waals surface area (Å²) in [4.78, 5) is 11.7. The summed E-state index contributed by atoms with van der Waals surface area (Å²) in [6.45, 7) is 0. The number of primary sulfonamides is 1. The Morgan fingerprint density at radius 2 is 1.61 bits per heavy atom. The maximum absolute atomic E-state index is 13.0. The van der Waals surface area contributed by atoms with Gasteiger partial charge in [0.1, 0.15) is 0 Å². The molecule has 0 saturated carbocycles. The van der Waals surface area contributed by atoms with Gasteiger partial charge in [-0.25, -0.2) is 26.7 Å². The van der Waals surface area contributed by atoms with Gasteiger partial charge in [-0.15, -0.1) is 0 Å². The summed E-state index contributed by atoms with van der Waals surface area (Å²) in [5, 5.41) is 12.1. The molecule has 0 atom stereocenters. The third-order valence-electron chi connectivity index (χ3n) is 5.85. The van der Waals surface area contributed by atoms with Gasteiger partial charge in [0.05, 0.1) is 33.1 Å². The van der Waals surface area contributed by atoms with Crippen LogP contribution in [0.1, 0.15) is 5.69 Å². The minimum Gasteiger partial charge on any atom is -0.369 e. The molecule has 194 valence electrons. The van der Waals surface area contributed by atoms with Crippen LogP contribution >= 0.6 is 11.6 Å². The summed E-state index contributed by atoms with van der Waals surface area (Å²) in [5.41, 5.74) is 7.22. The number of primary amides is 1. The summed E-state index contributed by atoms with van der Waals surface area (Å²) in [7, 11) is -7.84. The number of anilines is 1. The Kier molecular flexibility index (Phi) is 6.35. The molecule has 13 heteroatoms. The number of sulfonamides is 2. The van der Waals surface area contributed by atoms with Crippen LogP contribution in [-0.2, 0) is 31.3 Å². The fourth-order valence-corrected chi connectivity index (χ4v) is 6.03. The van der Waals surface area contributed by atoms with Crippen molar-refractivity contribution in [1.82, 2.24) is 9.78 Å². The molecule has 0 fully saturated rings. The number of halogens is 1. The molecule has 38 heavy (non-hydrogen) atoms. The Balaban J connectivity index is 1.70. The van der Waals surface area contributed by atoms with E-state index in [0.717, 1.165) is 5.39 Å². The lowest BCUT2D eigenvalue weighted by Gasteiger charge is -2.11. The average Bonchev–Trinajstić information content (AvgIpc) is 3.21. The van der Waals surface area contributed by atoms with E-state index in [0.29, 0.717) is 33.4 Å². The van der Waals surface area contributed by atoms with Crippen LogP contribution in [-0.4, -0.2) is 32.5 Å². The van der Waals surface area contributed by atoms with Gasteiger partial charge in [-0.3, -0.25) is 9.52 Å². The quantitative estimate of drug-likeness (QED) is 0.272. The topological polar surface area (TPSA) is 167 Å². The van der Waals surface area contributed by atoms with Crippen molar-refractivity contribution in [3.8, 4) is 5.69 Å². The number of amides is 1. The SMILES string of the molecule is NC(=O)Cc1nn(-c2ccc(S(N)(=O)=O)cc2)c2c1ccc1ccc(NS(=O)(=O)c3cccc(Cl)c3)cc12. The van der Waals surface area contributed by atoms with Crippen LogP contribution in [0.2, 0.25) is 5.02 Å². The lowest BCUT2D eigenvalue weighted by Crippen LogP contribution is -2.14. The summed E-state index contributed by atoms with van der Waals surface area (Å²) >= 11 is 5.97. The number of nitrogens with two attached hydrogens (primary N) is 2. The van der Waals surface area contributed by atoms with E-state index in [9.17, 15) is 21.6 Å². The predicted octanol–water partition coefficient (Wildman–Crippen LogP) is 3.31. The highest BCUT2D eigenvalue weighted by atomic mass is 35.5. The van der Waals surface area contributed by atoms with Crippen LogP contribution in [0.4, 0.5) is 5.69 Å². The molecular formula is C25H20ClN5O5S2. The van der Waals surface area contributed by atoms with Crippen molar-refractivity contribution in [2.45, 2.75) is 16.2 Å². The first-order chi connectivity index (χ1) is 17.9. The van der Waals surface area contributed by atoms with Crippen LogP contribution in [0.15, 0.2) is 88.7 Å². The first kappa shape index (κ1) is 25.7. The third-order valence-corrected chi connectivity index (χ3v) is 8.39. The molecule has 0 aliphatic heterocycles. The van der Waals surface area contributed by atoms with Crippen LogP contribution in [0, 0.1) is 0 Å². The fourth-order valence-electron chi connectivity index (χ4n) is 4.16. The number of nitrogens with one attached hydrogen (secondary N) is 1. The number of carbonyl (C=O) groups is 1. The van der Waals surface area contributed by atoms with Crippen molar-refractivity contribution >= 4 is 64.9 Å². The Hall–Kier alpha value is -3.97. The van der Waals surface area contributed by atoms with Gasteiger partial charge >= 0.3 is 0 Å². The van der Waals surface area contributed by atoms with Gasteiger partial charge in [-0.1, -0.05) is 35.9 Å². The summed E-state index contributed by atoms with van der Waals surface area (Å²) < 4.78 is 53.5. The predicted molar refractivity (Wildman–Crippen MR) is 145 cm³/mol. The minimum absolute atomic E-state index is 0.00652.